The van der Waals surface area contributed by atoms with Crippen LogP contribution in [-0.4, -0.2) is 30.7 Å². The van der Waals surface area contributed by atoms with Crippen LogP contribution in [0.1, 0.15) is 29.3 Å². The number of para-hydroxylation sites is 1. The van der Waals surface area contributed by atoms with Crippen molar-refractivity contribution in [3.05, 3.63) is 65.7 Å². The van der Waals surface area contributed by atoms with Crippen molar-refractivity contribution in [3.8, 4) is 11.8 Å². The third-order valence-corrected chi connectivity index (χ3v) is 4.44. The number of nitrogens with one attached hydrogen (secondary N) is 1. The quantitative estimate of drug-likeness (QED) is 0.673. The van der Waals surface area contributed by atoms with E-state index in [9.17, 15) is 14.4 Å². The number of carbonyl (C=O) groups excluding carboxylic acids is 3. The molecule has 0 aromatic heterocycles. The number of amides is 2. The molecule has 1 N–H and O–H groups in total. The Morgan fingerprint density at radius 2 is 1.81 bits per heavy atom. The molecular weight excluding hydrogens is 340 g/mol. The van der Waals surface area contributed by atoms with Crippen LogP contribution in [0.3, 0.4) is 0 Å². The summed E-state index contributed by atoms with van der Waals surface area (Å²) in [5, 5.41) is 2.77. The molecule has 136 valence electrons. The first-order valence-corrected chi connectivity index (χ1v) is 8.77. The van der Waals surface area contributed by atoms with Crippen LogP contribution in [0.5, 0.6) is 0 Å². The van der Waals surface area contributed by atoms with Crippen LogP contribution in [0, 0.1) is 17.8 Å². The van der Waals surface area contributed by atoms with Crippen LogP contribution in [0.2, 0.25) is 0 Å². The molecule has 2 aromatic rings. The fourth-order valence-corrected chi connectivity index (χ4v) is 2.95. The van der Waals surface area contributed by atoms with Gasteiger partial charge in [-0.3, -0.25) is 14.4 Å². The molecule has 1 atom stereocenters. The van der Waals surface area contributed by atoms with E-state index in [-0.39, 0.29) is 36.5 Å². The van der Waals surface area contributed by atoms with Crippen molar-refractivity contribution in [1.82, 2.24) is 5.32 Å². The van der Waals surface area contributed by atoms with E-state index in [1.165, 1.54) is 6.92 Å². The Labute approximate surface area is 158 Å². The summed E-state index contributed by atoms with van der Waals surface area (Å²) in [6.07, 6.45) is 0.209. The number of hydrogen-bond donors (Lipinski definition) is 1. The highest BCUT2D eigenvalue weighted by atomic mass is 16.2. The summed E-state index contributed by atoms with van der Waals surface area (Å²) in [6.45, 7) is 2.11. The number of anilines is 1. The maximum atomic E-state index is 12.3. The highest BCUT2D eigenvalue weighted by Gasteiger charge is 2.34. The topological polar surface area (TPSA) is 66.5 Å². The average Bonchev–Trinajstić information content (AvgIpc) is 3.08. The Bertz CT molecular complexity index is 908. The number of benzene rings is 2. The lowest BCUT2D eigenvalue weighted by atomic mass is 10.1. The number of ketones is 1. The minimum absolute atomic E-state index is 0.0115. The van der Waals surface area contributed by atoms with E-state index in [1.54, 1.807) is 29.2 Å². The summed E-state index contributed by atoms with van der Waals surface area (Å²) in [4.78, 5) is 37.4. The van der Waals surface area contributed by atoms with Crippen LogP contribution in [0.25, 0.3) is 0 Å². The van der Waals surface area contributed by atoms with Crippen LogP contribution in [-0.2, 0) is 9.59 Å². The van der Waals surface area contributed by atoms with E-state index in [1.807, 2.05) is 30.3 Å². The fraction of sp³-hybridized carbons (Fsp3) is 0.227. The smallest absolute Gasteiger partial charge is 0.227 e. The van der Waals surface area contributed by atoms with Crippen molar-refractivity contribution in [1.29, 1.82) is 0 Å². The second kappa shape index (κ2) is 8.33. The van der Waals surface area contributed by atoms with Gasteiger partial charge in [-0.05, 0) is 31.2 Å². The van der Waals surface area contributed by atoms with Gasteiger partial charge in [-0.15, -0.1) is 0 Å². The summed E-state index contributed by atoms with van der Waals surface area (Å²) in [5.74, 6) is 5.28. The minimum Gasteiger partial charge on any atom is -0.345 e. The van der Waals surface area contributed by atoms with Gasteiger partial charge in [-0.2, -0.15) is 0 Å². The van der Waals surface area contributed by atoms with Gasteiger partial charge in [-0.25, -0.2) is 0 Å². The first-order valence-electron chi connectivity index (χ1n) is 8.77. The lowest BCUT2D eigenvalue weighted by molar-refractivity contribution is -0.126. The van der Waals surface area contributed by atoms with Gasteiger partial charge in [0.25, 0.3) is 0 Å². The molecule has 0 radical (unpaired) electrons. The number of carbonyl (C=O) groups is 3. The number of nitrogens with zero attached hydrogens (tertiary/aromatic N) is 1. The van der Waals surface area contributed by atoms with Crippen molar-refractivity contribution in [3.63, 3.8) is 0 Å². The first kappa shape index (κ1) is 18.4. The van der Waals surface area contributed by atoms with Gasteiger partial charge >= 0.3 is 0 Å². The van der Waals surface area contributed by atoms with E-state index in [0.717, 1.165) is 11.3 Å². The SMILES string of the molecule is CC(=O)c1ccc(C#CCNC(=O)C2CC(=O)N(c3ccccc3)C2)cc1. The van der Waals surface area contributed by atoms with Crippen molar-refractivity contribution in [2.24, 2.45) is 5.92 Å². The molecule has 0 saturated carbocycles. The van der Waals surface area contributed by atoms with Crippen molar-refractivity contribution in [2.75, 3.05) is 18.0 Å². The Hall–Kier alpha value is -3.39. The lowest BCUT2D eigenvalue weighted by Crippen LogP contribution is -2.33. The average molecular weight is 360 g/mol. The second-order valence-electron chi connectivity index (χ2n) is 6.39. The molecule has 1 saturated heterocycles. The maximum absolute atomic E-state index is 12.3. The summed E-state index contributed by atoms with van der Waals surface area (Å²) in [6, 6.07) is 16.4. The molecule has 1 unspecified atom stereocenters. The molecule has 1 fully saturated rings. The second-order valence-corrected chi connectivity index (χ2v) is 6.39. The van der Waals surface area contributed by atoms with Crippen LogP contribution < -0.4 is 10.2 Å². The molecule has 1 aliphatic rings. The van der Waals surface area contributed by atoms with Crippen molar-refractivity contribution >= 4 is 23.3 Å². The predicted molar refractivity (Wildman–Crippen MR) is 103 cm³/mol. The standard InChI is InChI=1S/C22H20N2O3/c1-16(25)18-11-9-17(10-12-18)6-5-13-23-22(27)19-14-21(26)24(15-19)20-7-3-2-4-8-20/h2-4,7-12,19H,13-15H2,1H3,(H,23,27). The van der Waals surface area contributed by atoms with Gasteiger partial charge in [0.15, 0.2) is 5.78 Å². The van der Waals surface area contributed by atoms with Crippen LogP contribution >= 0.6 is 0 Å². The largest absolute Gasteiger partial charge is 0.345 e. The molecule has 3 rings (SSSR count). The zero-order chi connectivity index (χ0) is 19.2. The van der Waals surface area contributed by atoms with Gasteiger partial charge in [0, 0.05) is 29.8 Å². The fourth-order valence-electron chi connectivity index (χ4n) is 2.95. The zero-order valence-corrected chi connectivity index (χ0v) is 15.1. The Balaban J connectivity index is 1.52. The van der Waals surface area contributed by atoms with Crippen molar-refractivity contribution in [2.45, 2.75) is 13.3 Å². The molecule has 5 heteroatoms. The number of rotatable bonds is 4. The normalized spacial score (nSPS) is 15.8. The summed E-state index contributed by atoms with van der Waals surface area (Å²) >= 11 is 0. The molecule has 5 nitrogen and oxygen atoms in total. The Kier molecular flexibility index (Phi) is 5.68. The monoisotopic (exact) mass is 360 g/mol. The van der Waals surface area contributed by atoms with Gasteiger partial charge in [0.1, 0.15) is 0 Å². The summed E-state index contributed by atoms with van der Waals surface area (Å²) in [5.41, 5.74) is 2.23. The summed E-state index contributed by atoms with van der Waals surface area (Å²) in [7, 11) is 0. The highest BCUT2D eigenvalue weighted by Crippen LogP contribution is 2.24. The van der Waals surface area contributed by atoms with Gasteiger partial charge in [-0.1, -0.05) is 42.2 Å². The predicted octanol–water partition coefficient (Wildman–Crippen LogP) is 2.41. The third-order valence-electron chi connectivity index (χ3n) is 4.44. The van der Waals surface area contributed by atoms with E-state index in [2.05, 4.69) is 17.2 Å². The van der Waals surface area contributed by atoms with E-state index in [0.29, 0.717) is 12.1 Å². The first-order chi connectivity index (χ1) is 13.0. The maximum Gasteiger partial charge on any atom is 0.227 e. The van der Waals surface area contributed by atoms with Gasteiger partial charge < -0.3 is 10.2 Å². The van der Waals surface area contributed by atoms with Gasteiger partial charge in [0.2, 0.25) is 11.8 Å². The molecule has 2 amide bonds. The minimum atomic E-state index is -0.366. The third kappa shape index (κ3) is 4.62. The van der Waals surface area contributed by atoms with Gasteiger partial charge in [0.05, 0.1) is 12.5 Å². The molecule has 2 aromatic carbocycles. The molecule has 1 heterocycles. The number of Topliss-reactive ketones (excluding diaryl/α,β-unsaturated/α-hetero) is 1. The van der Waals surface area contributed by atoms with Crippen LogP contribution in [0.15, 0.2) is 54.6 Å². The summed E-state index contributed by atoms with van der Waals surface area (Å²) < 4.78 is 0. The van der Waals surface area contributed by atoms with Crippen LogP contribution in [0.4, 0.5) is 5.69 Å². The van der Waals surface area contributed by atoms with Crippen molar-refractivity contribution < 1.29 is 14.4 Å². The molecule has 0 spiro atoms. The zero-order valence-electron chi connectivity index (χ0n) is 15.1. The Morgan fingerprint density at radius 1 is 1.11 bits per heavy atom. The lowest BCUT2D eigenvalue weighted by Gasteiger charge is -2.16. The molecule has 0 aliphatic carbocycles. The molecule has 1 aliphatic heterocycles. The molecule has 27 heavy (non-hydrogen) atoms. The highest BCUT2D eigenvalue weighted by molar-refractivity contribution is 6.00. The van der Waals surface area contributed by atoms with E-state index in [4.69, 9.17) is 0 Å². The molecular formula is C22H20N2O3. The van der Waals surface area contributed by atoms with E-state index >= 15 is 0 Å². The Morgan fingerprint density at radius 3 is 2.48 bits per heavy atom. The molecule has 0 bridgehead atoms. The van der Waals surface area contributed by atoms with E-state index < -0.39 is 0 Å². The number of hydrogen-bond acceptors (Lipinski definition) is 3.